The van der Waals surface area contributed by atoms with E-state index in [2.05, 4.69) is 4.98 Å². The maximum atomic E-state index is 12.3. The van der Waals surface area contributed by atoms with Gasteiger partial charge < -0.3 is 19.7 Å². The number of ether oxygens (including phenoxy) is 1. The minimum atomic E-state index is -0.847. The molecule has 0 aliphatic carbocycles. The largest absolute Gasteiger partial charge is 0.450 e. The highest BCUT2D eigenvalue weighted by Crippen LogP contribution is 2.26. The Kier molecular flexibility index (Phi) is 4.32. The van der Waals surface area contributed by atoms with Gasteiger partial charge in [-0.3, -0.25) is 4.57 Å². The van der Waals surface area contributed by atoms with E-state index in [-0.39, 0.29) is 18.8 Å². The van der Waals surface area contributed by atoms with Crippen LogP contribution in [-0.2, 0) is 4.74 Å². The van der Waals surface area contributed by atoms with Crippen molar-refractivity contribution >= 4 is 28.7 Å². The van der Waals surface area contributed by atoms with Crippen molar-refractivity contribution < 1.29 is 14.6 Å². The Balaban J connectivity index is 1.88. The number of amides is 1. The van der Waals surface area contributed by atoms with Gasteiger partial charge in [-0.05, 0) is 31.5 Å². The number of fused-ring (bicyclic) bond motifs is 1. The Labute approximate surface area is 137 Å². The normalized spacial score (nSPS) is 21.6. The van der Waals surface area contributed by atoms with Crippen LogP contribution in [0.15, 0.2) is 23.0 Å². The molecule has 1 fully saturated rings. The van der Waals surface area contributed by atoms with Gasteiger partial charge in [-0.15, -0.1) is 0 Å². The van der Waals surface area contributed by atoms with Crippen molar-refractivity contribution in [3.05, 3.63) is 33.7 Å². The molecule has 1 aromatic carbocycles. The monoisotopic (exact) mass is 339 g/mol. The maximum absolute atomic E-state index is 12.3. The van der Waals surface area contributed by atoms with E-state index in [0.29, 0.717) is 29.0 Å². The highest BCUT2D eigenvalue weighted by atomic mass is 35.5. The van der Waals surface area contributed by atoms with E-state index in [1.54, 1.807) is 29.7 Å². The van der Waals surface area contributed by atoms with Gasteiger partial charge in [-0.25, -0.2) is 9.59 Å². The molecule has 0 bridgehead atoms. The molecule has 23 heavy (non-hydrogen) atoms. The molecule has 2 heterocycles. The molecule has 0 unspecified atom stereocenters. The first-order chi connectivity index (χ1) is 11.0. The number of aliphatic hydroxyl groups excluding tert-OH is 1. The van der Waals surface area contributed by atoms with Crippen LogP contribution in [0.3, 0.4) is 0 Å². The zero-order valence-electron chi connectivity index (χ0n) is 12.7. The molecule has 0 spiro atoms. The topological polar surface area (TPSA) is 87.6 Å². The SMILES string of the molecule is CCOC(=O)N1CC[C@H](n2c(=O)[nH]c3cc(Cl)ccc32)[C@H](O)C1. The number of carbonyl (C=O) groups is 1. The lowest BCUT2D eigenvalue weighted by Gasteiger charge is -2.35. The molecule has 7 nitrogen and oxygen atoms in total. The minimum absolute atomic E-state index is 0.135. The first kappa shape index (κ1) is 15.9. The van der Waals surface area contributed by atoms with Gasteiger partial charge in [0.05, 0.1) is 36.3 Å². The second-order valence-electron chi connectivity index (χ2n) is 5.53. The lowest BCUT2D eigenvalue weighted by molar-refractivity contribution is 0.0212. The van der Waals surface area contributed by atoms with Gasteiger partial charge in [-0.2, -0.15) is 0 Å². The summed E-state index contributed by atoms with van der Waals surface area (Å²) in [4.78, 5) is 28.2. The zero-order valence-corrected chi connectivity index (χ0v) is 13.4. The molecule has 1 saturated heterocycles. The second-order valence-corrected chi connectivity index (χ2v) is 5.97. The van der Waals surface area contributed by atoms with Gasteiger partial charge in [-0.1, -0.05) is 11.6 Å². The van der Waals surface area contributed by atoms with E-state index in [4.69, 9.17) is 16.3 Å². The maximum Gasteiger partial charge on any atom is 0.409 e. The third-order valence-corrected chi connectivity index (χ3v) is 4.32. The molecule has 1 amide bonds. The van der Waals surface area contributed by atoms with Gasteiger partial charge >= 0.3 is 11.8 Å². The number of β-amino-alcohol motifs (C(OH)–C–C–N with tert-alkyl or cyclic N) is 1. The molecular weight excluding hydrogens is 322 g/mol. The van der Waals surface area contributed by atoms with E-state index in [9.17, 15) is 14.7 Å². The number of benzene rings is 1. The van der Waals surface area contributed by atoms with E-state index < -0.39 is 18.2 Å². The summed E-state index contributed by atoms with van der Waals surface area (Å²) in [5.74, 6) is 0. The Morgan fingerprint density at radius 2 is 2.30 bits per heavy atom. The quantitative estimate of drug-likeness (QED) is 0.872. The molecule has 0 saturated carbocycles. The molecule has 0 radical (unpaired) electrons. The van der Waals surface area contributed by atoms with Crippen LogP contribution in [0, 0.1) is 0 Å². The number of hydrogen-bond acceptors (Lipinski definition) is 4. The predicted molar refractivity (Wildman–Crippen MR) is 85.8 cm³/mol. The number of hydrogen-bond donors (Lipinski definition) is 2. The third-order valence-electron chi connectivity index (χ3n) is 4.08. The molecule has 8 heteroatoms. The summed E-state index contributed by atoms with van der Waals surface area (Å²) >= 11 is 5.94. The lowest BCUT2D eigenvalue weighted by Crippen LogP contribution is -2.48. The molecule has 124 valence electrons. The number of H-pyrrole nitrogens is 1. The zero-order chi connectivity index (χ0) is 16.6. The van der Waals surface area contributed by atoms with Crippen molar-refractivity contribution in [2.45, 2.75) is 25.5 Å². The van der Waals surface area contributed by atoms with E-state index in [0.717, 1.165) is 0 Å². The Bertz CT molecular complexity index is 785. The van der Waals surface area contributed by atoms with Crippen LogP contribution in [0.5, 0.6) is 0 Å². The number of rotatable bonds is 2. The number of aliphatic hydroxyl groups is 1. The van der Waals surface area contributed by atoms with Crippen LogP contribution in [0.2, 0.25) is 5.02 Å². The number of likely N-dealkylation sites (tertiary alicyclic amines) is 1. The molecule has 1 aliphatic heterocycles. The van der Waals surface area contributed by atoms with Crippen LogP contribution in [0.4, 0.5) is 4.79 Å². The van der Waals surface area contributed by atoms with Crippen LogP contribution >= 0.6 is 11.6 Å². The van der Waals surface area contributed by atoms with Crippen molar-refractivity contribution in [3.63, 3.8) is 0 Å². The van der Waals surface area contributed by atoms with Crippen LogP contribution in [-0.4, -0.2) is 51.5 Å². The Hall–Kier alpha value is -1.99. The van der Waals surface area contributed by atoms with Gasteiger partial charge in [0.15, 0.2) is 0 Å². The fraction of sp³-hybridized carbons (Fsp3) is 0.467. The predicted octanol–water partition coefficient (Wildman–Crippen LogP) is 1.75. The summed E-state index contributed by atoms with van der Waals surface area (Å²) in [7, 11) is 0. The summed E-state index contributed by atoms with van der Waals surface area (Å²) in [5.41, 5.74) is 1.02. The molecule has 1 aromatic heterocycles. The minimum Gasteiger partial charge on any atom is -0.450 e. The number of halogens is 1. The van der Waals surface area contributed by atoms with E-state index in [1.165, 1.54) is 4.90 Å². The van der Waals surface area contributed by atoms with Crippen molar-refractivity contribution in [1.82, 2.24) is 14.5 Å². The fourth-order valence-corrected chi connectivity index (χ4v) is 3.21. The third kappa shape index (κ3) is 2.94. The van der Waals surface area contributed by atoms with Crippen molar-refractivity contribution in [1.29, 1.82) is 0 Å². The van der Waals surface area contributed by atoms with Gasteiger partial charge in [0, 0.05) is 11.6 Å². The molecule has 3 rings (SSSR count). The summed E-state index contributed by atoms with van der Waals surface area (Å²) in [6.07, 6.45) is -0.821. The molecule has 2 atom stereocenters. The molecule has 2 aromatic rings. The lowest BCUT2D eigenvalue weighted by atomic mass is 10.0. The van der Waals surface area contributed by atoms with Gasteiger partial charge in [0.2, 0.25) is 0 Å². The number of aromatic nitrogens is 2. The number of nitrogens with one attached hydrogen (secondary N) is 1. The Morgan fingerprint density at radius 1 is 1.52 bits per heavy atom. The van der Waals surface area contributed by atoms with Crippen LogP contribution in [0.1, 0.15) is 19.4 Å². The highest BCUT2D eigenvalue weighted by Gasteiger charge is 2.33. The molecule has 1 aliphatic rings. The number of nitrogens with zero attached hydrogens (tertiary/aromatic N) is 2. The van der Waals surface area contributed by atoms with E-state index >= 15 is 0 Å². The summed E-state index contributed by atoms with van der Waals surface area (Å²) < 4.78 is 6.49. The smallest absolute Gasteiger partial charge is 0.409 e. The number of piperidine rings is 1. The molecular formula is C15H18ClN3O4. The number of imidazole rings is 1. The van der Waals surface area contributed by atoms with Crippen molar-refractivity contribution in [3.8, 4) is 0 Å². The number of carbonyl (C=O) groups excluding carboxylic acids is 1. The van der Waals surface area contributed by atoms with Crippen molar-refractivity contribution in [2.75, 3.05) is 19.7 Å². The summed E-state index contributed by atoms with van der Waals surface area (Å²) in [5, 5.41) is 10.9. The van der Waals surface area contributed by atoms with Gasteiger partial charge in [0.1, 0.15) is 0 Å². The first-order valence-electron chi connectivity index (χ1n) is 7.50. The Morgan fingerprint density at radius 3 is 3.00 bits per heavy atom. The number of aromatic amines is 1. The standard InChI is InChI=1S/C15H18ClN3O4/c1-2-23-15(22)18-6-5-12(13(20)8-18)19-11-4-3-9(16)7-10(11)17-14(19)21/h3-4,7,12-13,20H,2,5-6,8H2,1H3,(H,17,21)/t12-,13+/m0/s1. The fourth-order valence-electron chi connectivity index (χ4n) is 3.03. The van der Waals surface area contributed by atoms with E-state index in [1.807, 2.05) is 0 Å². The van der Waals surface area contributed by atoms with Gasteiger partial charge in [0.25, 0.3) is 0 Å². The van der Waals surface area contributed by atoms with Crippen molar-refractivity contribution in [2.24, 2.45) is 0 Å². The first-order valence-corrected chi connectivity index (χ1v) is 7.88. The molecule has 2 N–H and O–H groups in total. The average Bonchev–Trinajstić information content (AvgIpc) is 2.82. The highest BCUT2D eigenvalue weighted by molar-refractivity contribution is 6.31. The summed E-state index contributed by atoms with van der Waals surface area (Å²) in [6.45, 7) is 2.58. The van der Waals surface area contributed by atoms with Crippen LogP contribution in [0.25, 0.3) is 11.0 Å². The van der Waals surface area contributed by atoms with Crippen LogP contribution < -0.4 is 5.69 Å². The summed E-state index contributed by atoms with van der Waals surface area (Å²) in [6, 6.07) is 4.73. The second kappa shape index (κ2) is 6.25. The average molecular weight is 340 g/mol.